The third kappa shape index (κ3) is 5.95. The average molecular weight is 477 g/mol. The molecule has 1 aromatic heterocycles. The predicted molar refractivity (Wildman–Crippen MR) is 127 cm³/mol. The Balaban J connectivity index is 1.41. The summed E-state index contributed by atoms with van der Waals surface area (Å²) >= 11 is 1.40. The van der Waals surface area contributed by atoms with E-state index in [4.69, 9.17) is 0 Å². The van der Waals surface area contributed by atoms with Gasteiger partial charge in [-0.25, -0.2) is 13.4 Å². The Morgan fingerprint density at radius 1 is 0.969 bits per heavy atom. The molecule has 32 heavy (non-hydrogen) atoms. The number of thiazole rings is 1. The number of anilines is 1. The molecule has 7 nitrogen and oxygen atoms in total. The molecule has 0 bridgehead atoms. The number of amides is 1. The average Bonchev–Trinajstić information content (AvgIpc) is 2.99. The fourth-order valence-corrected chi connectivity index (χ4v) is 6.62. The van der Waals surface area contributed by atoms with Gasteiger partial charge in [0, 0.05) is 30.6 Å². The van der Waals surface area contributed by atoms with Gasteiger partial charge in [-0.15, -0.1) is 11.3 Å². The summed E-state index contributed by atoms with van der Waals surface area (Å²) in [5.41, 5.74) is 1.29. The number of sulfonamides is 1. The minimum atomic E-state index is -3.59. The number of benzene rings is 1. The highest BCUT2D eigenvalue weighted by Crippen LogP contribution is 2.23. The Kier molecular flexibility index (Phi) is 7.93. The van der Waals surface area contributed by atoms with Crippen LogP contribution in [0.3, 0.4) is 0 Å². The Bertz CT molecular complexity index is 1010. The van der Waals surface area contributed by atoms with Crippen LogP contribution >= 0.6 is 11.3 Å². The molecule has 9 heteroatoms. The Hall–Kier alpha value is -1.81. The molecule has 0 saturated carbocycles. The first-order valence-electron chi connectivity index (χ1n) is 11.6. The summed E-state index contributed by atoms with van der Waals surface area (Å²) in [5, 5.41) is 5.37. The van der Waals surface area contributed by atoms with Crippen molar-refractivity contribution in [3.8, 4) is 0 Å². The minimum Gasteiger partial charge on any atom is -0.298 e. The summed E-state index contributed by atoms with van der Waals surface area (Å²) in [7, 11) is -3.59. The first-order chi connectivity index (χ1) is 15.5. The second kappa shape index (κ2) is 10.9. The van der Waals surface area contributed by atoms with Gasteiger partial charge in [0.05, 0.1) is 10.6 Å². The Labute approximate surface area is 194 Å². The van der Waals surface area contributed by atoms with E-state index in [1.54, 1.807) is 22.5 Å². The zero-order valence-corrected chi connectivity index (χ0v) is 20.1. The van der Waals surface area contributed by atoms with E-state index in [0.717, 1.165) is 51.0 Å². The fraction of sp³-hybridized carbons (Fsp3) is 0.565. The van der Waals surface area contributed by atoms with Crippen molar-refractivity contribution in [2.24, 2.45) is 0 Å². The molecule has 2 fully saturated rings. The summed E-state index contributed by atoms with van der Waals surface area (Å²) in [6.45, 7) is 4.07. The van der Waals surface area contributed by atoms with Crippen LogP contribution in [0.15, 0.2) is 34.5 Å². The lowest BCUT2D eigenvalue weighted by atomic mass is 10.2. The van der Waals surface area contributed by atoms with E-state index in [1.165, 1.54) is 43.1 Å². The van der Waals surface area contributed by atoms with Gasteiger partial charge in [-0.2, -0.15) is 4.31 Å². The van der Waals surface area contributed by atoms with Gasteiger partial charge in [0.2, 0.25) is 10.0 Å². The number of nitrogens with zero attached hydrogens (tertiary/aromatic N) is 3. The highest BCUT2D eigenvalue weighted by molar-refractivity contribution is 7.89. The van der Waals surface area contributed by atoms with Crippen molar-refractivity contribution in [3.63, 3.8) is 0 Å². The molecule has 4 rings (SSSR count). The molecule has 2 aliphatic heterocycles. The molecule has 0 atom stereocenters. The molecule has 1 N–H and O–H groups in total. The van der Waals surface area contributed by atoms with Gasteiger partial charge in [0.1, 0.15) is 0 Å². The molecule has 174 valence electrons. The fourth-order valence-electron chi connectivity index (χ4n) is 4.36. The smallest absolute Gasteiger partial charge is 0.257 e. The number of likely N-dealkylation sites (tertiary alicyclic amines) is 1. The van der Waals surface area contributed by atoms with Gasteiger partial charge < -0.3 is 0 Å². The molecular weight excluding hydrogens is 444 g/mol. The summed E-state index contributed by atoms with van der Waals surface area (Å²) in [6.07, 6.45) is 8.91. The molecule has 0 radical (unpaired) electrons. The molecular formula is C23H32N4O3S2. The Morgan fingerprint density at radius 2 is 1.62 bits per heavy atom. The summed E-state index contributed by atoms with van der Waals surface area (Å²) in [5.74, 6) is -0.339. The third-order valence-corrected chi connectivity index (χ3v) is 8.86. The second-order valence-corrected chi connectivity index (χ2v) is 11.4. The van der Waals surface area contributed by atoms with Crippen molar-refractivity contribution in [2.75, 3.05) is 31.5 Å². The van der Waals surface area contributed by atoms with Crippen LogP contribution in [-0.2, 0) is 16.6 Å². The lowest BCUT2D eigenvalue weighted by Gasteiger charge is -2.20. The molecule has 1 amide bonds. The minimum absolute atomic E-state index is 0.174. The largest absolute Gasteiger partial charge is 0.298 e. The lowest BCUT2D eigenvalue weighted by Crippen LogP contribution is -2.32. The number of carbonyl (C=O) groups is 1. The number of hydrogen-bond donors (Lipinski definition) is 1. The van der Waals surface area contributed by atoms with Gasteiger partial charge in [0.15, 0.2) is 5.13 Å². The van der Waals surface area contributed by atoms with Crippen LogP contribution in [-0.4, -0.2) is 54.7 Å². The first kappa shape index (κ1) is 23.4. The molecule has 0 aliphatic carbocycles. The zero-order valence-electron chi connectivity index (χ0n) is 18.5. The highest BCUT2D eigenvalue weighted by atomic mass is 32.2. The van der Waals surface area contributed by atoms with Crippen LogP contribution in [0.2, 0.25) is 0 Å². The van der Waals surface area contributed by atoms with Crippen LogP contribution in [0.25, 0.3) is 0 Å². The van der Waals surface area contributed by atoms with Crippen LogP contribution in [0.1, 0.15) is 67.4 Å². The first-order valence-corrected chi connectivity index (χ1v) is 13.9. The van der Waals surface area contributed by atoms with E-state index in [2.05, 4.69) is 15.2 Å². The van der Waals surface area contributed by atoms with Crippen LogP contribution in [0, 0.1) is 0 Å². The van der Waals surface area contributed by atoms with E-state index < -0.39 is 10.0 Å². The zero-order chi connectivity index (χ0) is 22.4. The van der Waals surface area contributed by atoms with E-state index >= 15 is 0 Å². The molecule has 3 heterocycles. The van der Waals surface area contributed by atoms with Crippen LogP contribution in [0.4, 0.5) is 5.13 Å². The lowest BCUT2D eigenvalue weighted by molar-refractivity contribution is 0.102. The second-order valence-electron chi connectivity index (χ2n) is 8.63. The van der Waals surface area contributed by atoms with E-state index in [9.17, 15) is 13.2 Å². The maximum absolute atomic E-state index is 13.1. The van der Waals surface area contributed by atoms with Crippen LogP contribution < -0.4 is 5.32 Å². The van der Waals surface area contributed by atoms with Gasteiger partial charge in [-0.1, -0.05) is 31.7 Å². The summed E-state index contributed by atoms with van der Waals surface area (Å²) < 4.78 is 27.7. The number of aromatic nitrogens is 1. The van der Waals surface area contributed by atoms with Gasteiger partial charge >= 0.3 is 0 Å². The van der Waals surface area contributed by atoms with Crippen molar-refractivity contribution in [2.45, 2.75) is 62.8 Å². The van der Waals surface area contributed by atoms with Crippen molar-refractivity contribution in [1.82, 2.24) is 14.2 Å². The SMILES string of the molecule is O=C(Nc1nc(CN2CCCCCC2)cs1)c1cccc(S(=O)(=O)N2CCCCCC2)c1. The Morgan fingerprint density at radius 3 is 2.31 bits per heavy atom. The number of hydrogen-bond acceptors (Lipinski definition) is 6. The van der Waals surface area contributed by atoms with Crippen molar-refractivity contribution >= 4 is 32.4 Å². The molecule has 2 saturated heterocycles. The number of rotatable bonds is 6. The van der Waals surface area contributed by atoms with Crippen molar-refractivity contribution < 1.29 is 13.2 Å². The third-order valence-electron chi connectivity index (χ3n) is 6.16. The molecule has 0 unspecified atom stereocenters. The number of carbonyl (C=O) groups excluding carboxylic acids is 1. The summed E-state index contributed by atoms with van der Waals surface area (Å²) in [4.78, 5) is 20.0. The topological polar surface area (TPSA) is 82.6 Å². The maximum atomic E-state index is 13.1. The van der Waals surface area contributed by atoms with E-state index in [-0.39, 0.29) is 10.8 Å². The maximum Gasteiger partial charge on any atom is 0.257 e. The van der Waals surface area contributed by atoms with Crippen LogP contribution in [0.5, 0.6) is 0 Å². The monoisotopic (exact) mass is 476 g/mol. The van der Waals surface area contributed by atoms with E-state index in [0.29, 0.717) is 23.8 Å². The molecule has 1 aromatic carbocycles. The highest BCUT2D eigenvalue weighted by Gasteiger charge is 2.26. The normalized spacial score (nSPS) is 19.2. The predicted octanol–water partition coefficient (Wildman–Crippen LogP) is 4.34. The standard InChI is InChI=1S/C23H32N4O3S2/c28-22(25-23-24-20(18-31-23)17-26-12-5-1-2-6-13-26)19-10-9-11-21(16-19)32(29,30)27-14-7-3-4-8-15-27/h9-11,16,18H,1-8,12-15,17H2,(H,24,25,28). The van der Waals surface area contributed by atoms with Crippen molar-refractivity contribution in [1.29, 1.82) is 0 Å². The molecule has 2 aromatic rings. The quantitative estimate of drug-likeness (QED) is 0.671. The molecule has 0 spiro atoms. The molecule has 2 aliphatic rings. The number of nitrogens with one attached hydrogen (secondary N) is 1. The van der Waals surface area contributed by atoms with Gasteiger partial charge in [-0.05, 0) is 57.0 Å². The summed E-state index contributed by atoms with van der Waals surface area (Å²) in [6, 6.07) is 6.32. The van der Waals surface area contributed by atoms with Gasteiger partial charge in [0.25, 0.3) is 5.91 Å². The van der Waals surface area contributed by atoms with Gasteiger partial charge in [-0.3, -0.25) is 15.0 Å². The van der Waals surface area contributed by atoms with E-state index in [1.807, 2.05) is 5.38 Å². The van der Waals surface area contributed by atoms with Crippen molar-refractivity contribution in [3.05, 3.63) is 40.9 Å².